The summed E-state index contributed by atoms with van der Waals surface area (Å²) >= 11 is 0. The maximum Gasteiger partial charge on any atom is 0.169 e. The fourth-order valence-electron chi connectivity index (χ4n) is 14.6. The van der Waals surface area contributed by atoms with Crippen LogP contribution in [0, 0.1) is 23.0 Å². The molecule has 0 saturated heterocycles. The number of halogens is 2. The van der Waals surface area contributed by atoms with E-state index in [-0.39, 0.29) is 56.0 Å². The summed E-state index contributed by atoms with van der Waals surface area (Å²) in [5, 5.41) is 9.01. The lowest BCUT2D eigenvalue weighted by Gasteiger charge is -2.38. The summed E-state index contributed by atoms with van der Waals surface area (Å²) < 4.78 is 48.8. The average Bonchev–Trinajstić information content (AvgIpc) is 4.08. The van der Waals surface area contributed by atoms with Crippen LogP contribution in [0.5, 0.6) is 0 Å². The summed E-state index contributed by atoms with van der Waals surface area (Å²) in [6.07, 6.45) is 7.23. The first-order valence-electron chi connectivity index (χ1n) is 24.4. The molecule has 18 rings (SSSR count). The van der Waals surface area contributed by atoms with Crippen LogP contribution in [0.3, 0.4) is 0 Å². The van der Waals surface area contributed by atoms with Crippen LogP contribution in [0.25, 0.3) is 109 Å². The highest BCUT2D eigenvalue weighted by atomic mass is 19.1. The Kier molecular flexibility index (Phi) is 6.47. The van der Waals surface area contributed by atoms with Gasteiger partial charge >= 0.3 is 0 Å². The highest BCUT2D eigenvalue weighted by molar-refractivity contribution is 6.37. The van der Waals surface area contributed by atoms with E-state index >= 15 is 8.78 Å². The number of hydrogen-bond donors (Lipinski definition) is 0. The number of nitrogens with zero attached hydrogens (tertiary/aromatic N) is 2. The van der Waals surface area contributed by atoms with Crippen LogP contribution in [0.1, 0.15) is 129 Å². The predicted octanol–water partition coefficient (Wildman–Crippen LogP) is 16.1. The highest BCUT2D eigenvalue weighted by Gasteiger charge is 2.49. The van der Waals surface area contributed by atoms with Gasteiger partial charge in [-0.3, -0.25) is 9.59 Å². The second-order valence-corrected chi connectivity index (χ2v) is 22.9. The van der Waals surface area contributed by atoms with E-state index in [1.54, 1.807) is 0 Å². The van der Waals surface area contributed by atoms with E-state index in [1.807, 2.05) is 45.2 Å². The summed E-state index contributed by atoms with van der Waals surface area (Å²) in [6, 6.07) is 27.2. The average molecular weight is 881 g/mol. The van der Waals surface area contributed by atoms with E-state index in [0.29, 0.717) is 44.1 Å². The quantitative estimate of drug-likeness (QED) is 0.152. The zero-order valence-electron chi connectivity index (χ0n) is 38.2. The van der Waals surface area contributed by atoms with E-state index in [9.17, 15) is 9.59 Å². The van der Waals surface area contributed by atoms with E-state index in [2.05, 4.69) is 77.1 Å². The van der Waals surface area contributed by atoms with Crippen molar-refractivity contribution in [1.82, 2.24) is 8.80 Å². The minimum Gasteiger partial charge on any atom is -0.455 e. The zero-order chi connectivity index (χ0) is 45.1. The fraction of sp³-hybridized carbons (Fsp3) is 0.300. The predicted molar refractivity (Wildman–Crippen MR) is 266 cm³/mol. The number of furan rings is 1. The Morgan fingerprint density at radius 1 is 0.582 bits per heavy atom. The number of aromatic nitrogens is 2. The van der Waals surface area contributed by atoms with Gasteiger partial charge in [0, 0.05) is 65.5 Å². The van der Waals surface area contributed by atoms with E-state index in [4.69, 9.17) is 4.42 Å². The lowest BCUT2D eigenvalue weighted by Crippen LogP contribution is -2.33. The molecule has 5 aromatic heterocycles. The van der Waals surface area contributed by atoms with E-state index in [1.165, 1.54) is 0 Å². The molecule has 5 nitrogen and oxygen atoms in total. The molecule has 0 atom stereocenters. The summed E-state index contributed by atoms with van der Waals surface area (Å²) in [7, 11) is 0. The molecule has 2 saturated carbocycles. The van der Waals surface area contributed by atoms with Crippen molar-refractivity contribution in [3.63, 3.8) is 0 Å². The maximum atomic E-state index is 19.1. The number of Topliss-reactive ketones (excluding diaryl/α,β-unsaturated/α-hetero) is 2. The molecule has 0 amide bonds. The third kappa shape index (κ3) is 4.22. The minimum absolute atomic E-state index is 0.0169. The first-order chi connectivity index (χ1) is 32.2. The summed E-state index contributed by atoms with van der Waals surface area (Å²) in [5.41, 5.74) is 8.33. The van der Waals surface area contributed by atoms with Crippen molar-refractivity contribution in [3.05, 3.63) is 118 Å². The molecule has 0 aliphatic heterocycles. The van der Waals surface area contributed by atoms with Gasteiger partial charge in [0.05, 0.1) is 43.9 Å². The molecule has 7 aromatic carbocycles. The Hall–Kier alpha value is -6.60. The van der Waals surface area contributed by atoms with Crippen LogP contribution in [-0.4, -0.2) is 20.4 Å². The number of carbonyl (C=O) groups excluding carboxylic acids is 2. The molecule has 12 aromatic rings. The van der Waals surface area contributed by atoms with Gasteiger partial charge in [0.15, 0.2) is 23.2 Å². The highest BCUT2D eigenvalue weighted by Crippen LogP contribution is 2.57. The first-order valence-corrected chi connectivity index (χ1v) is 24.4. The lowest BCUT2D eigenvalue weighted by atomic mass is 9.65. The Bertz CT molecular complexity index is 4360. The van der Waals surface area contributed by atoms with E-state index in [0.717, 1.165) is 122 Å². The first kappa shape index (κ1) is 37.5. The molecule has 0 spiro atoms. The van der Waals surface area contributed by atoms with Gasteiger partial charge < -0.3 is 13.2 Å². The van der Waals surface area contributed by atoms with Crippen LogP contribution in [-0.2, 0) is 10.8 Å². The van der Waals surface area contributed by atoms with Crippen molar-refractivity contribution < 1.29 is 22.8 Å². The Labute approximate surface area is 382 Å². The van der Waals surface area contributed by atoms with Gasteiger partial charge in [-0.15, -0.1) is 0 Å². The van der Waals surface area contributed by atoms with Gasteiger partial charge in [-0.05, 0) is 138 Å². The van der Waals surface area contributed by atoms with Crippen LogP contribution in [0.2, 0.25) is 0 Å². The summed E-state index contributed by atoms with van der Waals surface area (Å²) in [6.45, 7) is 11.0. The molecule has 2 fully saturated rings. The standard InChI is InChI=1S/C60H46F2N2O3/c1-58(2,3)30-14-15-31-29(20-30)21-40-46-49(61)54-47(50(62)53(46)64-43-26-38-41(24-39(43)45(31)52(40)64)59(4)16-18-60(5,19-17-59)57(38)66)48-51-35(23-37-32-8-6-7-9-44(32)67-56(37)48)34-22-33-27-10-12-28(13-11-27)55(65)36(33)25-42(34)63(51)54/h6-9,14-15,20-28H,10-13,16-19H2,1-5H3. The number of rotatable bonds is 0. The molecule has 67 heavy (non-hydrogen) atoms. The van der Waals surface area contributed by atoms with Gasteiger partial charge in [-0.25, -0.2) is 8.78 Å². The molecular formula is C60H46F2N2O3. The largest absolute Gasteiger partial charge is 0.455 e. The SMILES string of the molecule is CC12CCC(C)(CC1)c1cc3c4c5ccc(C(C)(C)C)cc5cc5c6c(F)c7c(c(F)c6n(c3cc1C2=O)c54)c1c2oc3ccccc3c2cc2c3cc4c(cc3n7c21)C(=O)C1CCC4CC1. The van der Waals surface area contributed by atoms with Crippen molar-refractivity contribution in [2.75, 3.05) is 0 Å². The Morgan fingerprint density at radius 3 is 2.03 bits per heavy atom. The van der Waals surface area contributed by atoms with Crippen molar-refractivity contribution >= 4 is 120 Å². The number of ketones is 2. The second-order valence-electron chi connectivity index (χ2n) is 22.9. The fourth-order valence-corrected chi connectivity index (χ4v) is 14.6. The van der Waals surface area contributed by atoms with Gasteiger partial charge in [-0.2, -0.15) is 0 Å². The third-order valence-corrected chi connectivity index (χ3v) is 18.4. The smallest absolute Gasteiger partial charge is 0.169 e. The molecule has 0 unspecified atom stereocenters. The normalized spacial score (nSPS) is 23.4. The van der Waals surface area contributed by atoms with Crippen molar-refractivity contribution in [1.29, 1.82) is 0 Å². The summed E-state index contributed by atoms with van der Waals surface area (Å²) in [4.78, 5) is 29.1. The van der Waals surface area contributed by atoms with Crippen LogP contribution in [0.15, 0.2) is 83.3 Å². The topological polar surface area (TPSA) is 56.1 Å². The molecule has 5 heterocycles. The molecule has 0 radical (unpaired) electrons. The molecule has 328 valence electrons. The van der Waals surface area contributed by atoms with Crippen LogP contribution >= 0.6 is 0 Å². The monoisotopic (exact) mass is 880 g/mol. The van der Waals surface area contributed by atoms with Crippen LogP contribution < -0.4 is 0 Å². The number of para-hydroxylation sites is 1. The molecule has 7 heteroatoms. The van der Waals surface area contributed by atoms with Gasteiger partial charge in [0.25, 0.3) is 0 Å². The number of carbonyl (C=O) groups is 2. The molecule has 0 N–H and O–H groups in total. The van der Waals surface area contributed by atoms with E-state index < -0.39 is 17.0 Å². The molecule has 4 bridgehead atoms. The Balaban J connectivity index is 1.15. The number of benzene rings is 7. The maximum absolute atomic E-state index is 19.1. The molecule has 6 aliphatic rings. The van der Waals surface area contributed by atoms with Crippen molar-refractivity contribution in [3.8, 4) is 0 Å². The lowest BCUT2D eigenvalue weighted by molar-refractivity contribution is 0.0731. The van der Waals surface area contributed by atoms with Crippen molar-refractivity contribution in [2.24, 2.45) is 11.3 Å². The third-order valence-electron chi connectivity index (χ3n) is 18.4. The second kappa shape index (κ2) is 11.6. The number of fused-ring (bicyclic) bond motifs is 22. The zero-order valence-corrected chi connectivity index (χ0v) is 38.2. The summed E-state index contributed by atoms with van der Waals surface area (Å²) in [5.74, 6) is -0.457. The number of hydrogen-bond acceptors (Lipinski definition) is 3. The van der Waals surface area contributed by atoms with Gasteiger partial charge in [0.2, 0.25) is 0 Å². The molecule has 6 aliphatic carbocycles. The Morgan fingerprint density at radius 2 is 1.25 bits per heavy atom. The van der Waals surface area contributed by atoms with Crippen molar-refractivity contribution in [2.45, 2.75) is 103 Å². The van der Waals surface area contributed by atoms with Gasteiger partial charge in [-0.1, -0.05) is 71.0 Å². The minimum atomic E-state index is -0.531. The molecular weight excluding hydrogens is 835 g/mol. The van der Waals surface area contributed by atoms with Gasteiger partial charge in [0.1, 0.15) is 11.2 Å². The van der Waals surface area contributed by atoms with Crippen LogP contribution in [0.4, 0.5) is 8.78 Å².